The normalized spacial score (nSPS) is 12.5. The van der Waals surface area contributed by atoms with Crippen molar-refractivity contribution in [3.05, 3.63) is 72.7 Å². The number of rotatable bonds is 8. The van der Waals surface area contributed by atoms with Crippen LogP contribution in [0, 0.1) is 6.92 Å². The van der Waals surface area contributed by atoms with Crippen LogP contribution in [0.1, 0.15) is 32.2 Å². The number of hydrogen-bond acceptors (Lipinski definition) is 8. The molecule has 12 heteroatoms. The van der Waals surface area contributed by atoms with Crippen LogP contribution in [0.4, 0.5) is 36.2 Å². The highest BCUT2D eigenvalue weighted by Gasteiger charge is 2.34. The SMILES string of the molecule is C/C=S(/NC(C)C)c1ccccc1Nc1cc(Nc2cc(-c3cncnc3)nc(C)n2)ncc1C(F)(F)F. The van der Waals surface area contributed by atoms with E-state index in [0.29, 0.717) is 28.6 Å². The number of halogens is 3. The van der Waals surface area contributed by atoms with Gasteiger partial charge in [0.15, 0.2) is 0 Å². The minimum Gasteiger partial charge on any atom is -0.354 e. The molecule has 3 heterocycles. The first-order valence-electron chi connectivity index (χ1n) is 11.7. The van der Waals surface area contributed by atoms with E-state index in [0.717, 1.165) is 11.1 Å². The van der Waals surface area contributed by atoms with Gasteiger partial charge in [0.25, 0.3) is 0 Å². The summed E-state index contributed by atoms with van der Waals surface area (Å²) in [5.41, 5.74) is 0.804. The fraction of sp³-hybridized carbons (Fsp3) is 0.231. The lowest BCUT2D eigenvalue weighted by Crippen LogP contribution is -2.17. The molecule has 0 spiro atoms. The van der Waals surface area contributed by atoms with E-state index in [1.54, 1.807) is 37.5 Å². The molecule has 0 bridgehead atoms. The second-order valence-corrected chi connectivity index (χ2v) is 10.3. The monoisotopic (exact) mass is 540 g/mol. The van der Waals surface area contributed by atoms with Crippen LogP contribution in [0.2, 0.25) is 0 Å². The third-order valence-electron chi connectivity index (χ3n) is 5.15. The topological polar surface area (TPSA) is 101 Å². The first-order chi connectivity index (χ1) is 18.1. The number of para-hydroxylation sites is 1. The number of pyridine rings is 1. The zero-order valence-electron chi connectivity index (χ0n) is 21.2. The lowest BCUT2D eigenvalue weighted by Gasteiger charge is -2.20. The molecule has 3 N–H and O–H groups in total. The maximum absolute atomic E-state index is 14.0. The summed E-state index contributed by atoms with van der Waals surface area (Å²) in [4.78, 5) is 21.6. The Morgan fingerprint density at radius 3 is 2.34 bits per heavy atom. The molecule has 4 aromatic rings. The van der Waals surface area contributed by atoms with Crippen LogP contribution >= 0.6 is 10.7 Å². The predicted octanol–water partition coefficient (Wildman–Crippen LogP) is 6.51. The summed E-state index contributed by atoms with van der Waals surface area (Å²) < 4.78 is 45.3. The Morgan fingerprint density at radius 2 is 1.66 bits per heavy atom. The predicted molar refractivity (Wildman–Crippen MR) is 146 cm³/mol. The van der Waals surface area contributed by atoms with Crippen LogP contribution in [0.25, 0.3) is 11.3 Å². The molecule has 0 radical (unpaired) electrons. The van der Waals surface area contributed by atoms with Gasteiger partial charge in [-0.1, -0.05) is 22.8 Å². The molecule has 1 aromatic carbocycles. The van der Waals surface area contributed by atoms with E-state index in [4.69, 9.17) is 0 Å². The van der Waals surface area contributed by atoms with Crippen molar-refractivity contribution in [1.29, 1.82) is 0 Å². The van der Waals surface area contributed by atoms with Crippen LogP contribution in [0.3, 0.4) is 0 Å². The third-order valence-corrected chi connectivity index (χ3v) is 7.18. The summed E-state index contributed by atoms with van der Waals surface area (Å²) >= 11 is 0. The van der Waals surface area contributed by atoms with E-state index in [1.807, 2.05) is 38.3 Å². The van der Waals surface area contributed by atoms with Crippen molar-refractivity contribution in [3.8, 4) is 11.3 Å². The molecular weight excluding hydrogens is 513 g/mol. The van der Waals surface area contributed by atoms with E-state index >= 15 is 0 Å². The lowest BCUT2D eigenvalue weighted by molar-refractivity contribution is -0.137. The van der Waals surface area contributed by atoms with Gasteiger partial charge in [0.1, 0.15) is 23.8 Å². The Morgan fingerprint density at radius 1 is 0.921 bits per heavy atom. The molecule has 1 unspecified atom stereocenters. The van der Waals surface area contributed by atoms with Crippen molar-refractivity contribution >= 4 is 39.0 Å². The van der Waals surface area contributed by atoms with Gasteiger partial charge in [0.05, 0.1) is 22.6 Å². The molecule has 3 aromatic heterocycles. The maximum atomic E-state index is 14.0. The van der Waals surface area contributed by atoms with Crippen LogP contribution in [0.5, 0.6) is 0 Å². The number of aromatic nitrogens is 5. The molecule has 0 amide bonds. The minimum atomic E-state index is -4.61. The Kier molecular flexibility index (Phi) is 8.32. The first kappa shape index (κ1) is 27.1. The van der Waals surface area contributed by atoms with Crippen LogP contribution in [-0.2, 0) is 6.18 Å². The van der Waals surface area contributed by atoms with E-state index < -0.39 is 22.4 Å². The molecule has 0 saturated heterocycles. The Labute approximate surface area is 221 Å². The smallest absolute Gasteiger partial charge is 0.354 e. The average molecular weight is 541 g/mol. The van der Waals surface area contributed by atoms with E-state index in [1.165, 1.54) is 12.4 Å². The number of aryl methyl sites for hydroxylation is 1. The molecule has 0 aliphatic rings. The van der Waals surface area contributed by atoms with Crippen molar-refractivity contribution in [1.82, 2.24) is 29.6 Å². The Hall–Kier alpha value is -3.90. The van der Waals surface area contributed by atoms with Gasteiger partial charge in [0, 0.05) is 47.2 Å². The molecule has 4 rings (SSSR count). The molecular formula is C26H27F3N8S. The fourth-order valence-corrected chi connectivity index (χ4v) is 5.22. The van der Waals surface area contributed by atoms with E-state index in [9.17, 15) is 13.2 Å². The van der Waals surface area contributed by atoms with Crippen molar-refractivity contribution in [2.24, 2.45) is 0 Å². The molecule has 0 fully saturated rings. The molecule has 0 saturated carbocycles. The van der Waals surface area contributed by atoms with Gasteiger partial charge in [-0.15, -0.1) is 0 Å². The summed E-state index contributed by atoms with van der Waals surface area (Å²) in [5, 5.41) is 8.01. The molecule has 38 heavy (non-hydrogen) atoms. The second kappa shape index (κ2) is 11.7. The highest BCUT2D eigenvalue weighted by molar-refractivity contribution is 8.13. The summed E-state index contributed by atoms with van der Waals surface area (Å²) in [5.74, 6) is 1.03. The van der Waals surface area contributed by atoms with Crippen molar-refractivity contribution < 1.29 is 13.2 Å². The molecule has 198 valence electrons. The van der Waals surface area contributed by atoms with Gasteiger partial charge >= 0.3 is 6.18 Å². The maximum Gasteiger partial charge on any atom is 0.419 e. The first-order valence-corrected chi connectivity index (χ1v) is 13.0. The standard InChI is InChI=1S/C26H27F3N8S/c1-5-38(37-16(2)3)23-9-7-6-8-20(23)35-22-11-24(32-14-19(22)26(27,28)29)36-25-10-21(33-17(4)34-25)18-12-30-15-31-13-18/h5-16,37H,1-4H3,(H2,32,33,34,35,36). The van der Waals surface area contributed by atoms with E-state index in [2.05, 4.69) is 40.3 Å². The van der Waals surface area contributed by atoms with Crippen molar-refractivity contribution in [2.45, 2.75) is 44.8 Å². The molecule has 0 aliphatic carbocycles. The van der Waals surface area contributed by atoms with Gasteiger partial charge in [-0.3, -0.25) is 4.72 Å². The molecule has 8 nitrogen and oxygen atoms in total. The molecule has 0 aliphatic heterocycles. The zero-order chi connectivity index (χ0) is 27.3. The van der Waals surface area contributed by atoms with Gasteiger partial charge in [0.2, 0.25) is 0 Å². The number of nitrogens with one attached hydrogen (secondary N) is 3. The Bertz CT molecular complexity index is 1440. The lowest BCUT2D eigenvalue weighted by atomic mass is 10.2. The van der Waals surface area contributed by atoms with Crippen molar-refractivity contribution in [3.63, 3.8) is 0 Å². The number of anilines is 4. The summed E-state index contributed by atoms with van der Waals surface area (Å²) in [6.07, 6.45) is 0.846. The van der Waals surface area contributed by atoms with Gasteiger partial charge in [-0.05, 0) is 45.2 Å². The second-order valence-electron chi connectivity index (χ2n) is 8.52. The highest BCUT2D eigenvalue weighted by atomic mass is 32.2. The van der Waals surface area contributed by atoms with Crippen LogP contribution in [-0.4, -0.2) is 36.3 Å². The van der Waals surface area contributed by atoms with Gasteiger partial charge < -0.3 is 10.6 Å². The van der Waals surface area contributed by atoms with E-state index in [-0.39, 0.29) is 17.5 Å². The number of nitrogens with zero attached hydrogens (tertiary/aromatic N) is 5. The van der Waals surface area contributed by atoms with Crippen molar-refractivity contribution in [2.75, 3.05) is 10.6 Å². The Balaban J connectivity index is 1.71. The van der Waals surface area contributed by atoms with Gasteiger partial charge in [-0.25, -0.2) is 24.9 Å². The largest absolute Gasteiger partial charge is 0.419 e. The fourth-order valence-electron chi connectivity index (χ4n) is 3.61. The quantitative estimate of drug-likeness (QED) is 0.218. The van der Waals surface area contributed by atoms with Crippen LogP contribution in [0.15, 0.2) is 66.2 Å². The summed E-state index contributed by atoms with van der Waals surface area (Å²) in [6.45, 7) is 7.68. The third kappa shape index (κ3) is 6.69. The molecule has 1 atom stereocenters. The zero-order valence-corrected chi connectivity index (χ0v) is 22.0. The summed E-state index contributed by atoms with van der Waals surface area (Å²) in [7, 11) is -0.475. The number of hydrogen-bond donors (Lipinski definition) is 3. The minimum absolute atomic E-state index is 0.130. The number of benzene rings is 1. The number of alkyl halides is 3. The summed E-state index contributed by atoms with van der Waals surface area (Å²) in [6, 6.07) is 10.5. The average Bonchev–Trinajstić information content (AvgIpc) is 2.87. The van der Waals surface area contributed by atoms with Gasteiger partial charge in [-0.2, -0.15) is 13.2 Å². The van der Waals surface area contributed by atoms with Crippen LogP contribution < -0.4 is 15.4 Å². The highest BCUT2D eigenvalue weighted by Crippen LogP contribution is 2.39.